The maximum Gasteiger partial charge on any atom is 0.149 e. The SMILES string of the molecule is Fc1ccccc1-c1ccncc1F. The Bertz CT molecular complexity index is 411. The van der Waals surface area contributed by atoms with E-state index in [0.717, 1.165) is 6.20 Å². The summed E-state index contributed by atoms with van der Waals surface area (Å²) in [5, 5.41) is 0. The first-order chi connectivity index (χ1) is 6.79. The molecule has 0 saturated heterocycles. The summed E-state index contributed by atoms with van der Waals surface area (Å²) in [7, 11) is 0. The highest BCUT2D eigenvalue weighted by Gasteiger charge is 2.07. The Labute approximate surface area is 80.0 Å². The van der Waals surface area contributed by atoms with E-state index >= 15 is 0 Å². The van der Waals surface area contributed by atoms with Crippen molar-refractivity contribution in [3.63, 3.8) is 0 Å². The normalized spacial score (nSPS) is 10.1. The minimum Gasteiger partial charge on any atom is -0.262 e. The molecule has 2 rings (SSSR count). The Morgan fingerprint density at radius 3 is 2.29 bits per heavy atom. The monoisotopic (exact) mass is 191 g/mol. The quantitative estimate of drug-likeness (QED) is 0.675. The highest BCUT2D eigenvalue weighted by molar-refractivity contribution is 5.63. The second-order valence-electron chi connectivity index (χ2n) is 2.84. The van der Waals surface area contributed by atoms with Crippen molar-refractivity contribution >= 4 is 0 Å². The summed E-state index contributed by atoms with van der Waals surface area (Å²) in [6.45, 7) is 0. The molecule has 0 aliphatic carbocycles. The summed E-state index contributed by atoms with van der Waals surface area (Å²) >= 11 is 0. The van der Waals surface area contributed by atoms with E-state index in [9.17, 15) is 8.78 Å². The van der Waals surface area contributed by atoms with Crippen LogP contribution >= 0.6 is 0 Å². The molecule has 2 aromatic rings. The van der Waals surface area contributed by atoms with Crippen LogP contribution in [-0.4, -0.2) is 4.98 Å². The van der Waals surface area contributed by atoms with Crippen LogP contribution in [0.1, 0.15) is 0 Å². The van der Waals surface area contributed by atoms with Crippen molar-refractivity contribution in [2.75, 3.05) is 0 Å². The first-order valence-electron chi connectivity index (χ1n) is 4.13. The topological polar surface area (TPSA) is 12.9 Å². The molecule has 0 radical (unpaired) electrons. The zero-order valence-electron chi connectivity index (χ0n) is 7.24. The number of nitrogens with zero attached hydrogens (tertiary/aromatic N) is 1. The van der Waals surface area contributed by atoms with Gasteiger partial charge < -0.3 is 0 Å². The molecule has 0 aliphatic heterocycles. The summed E-state index contributed by atoms with van der Waals surface area (Å²) < 4.78 is 26.5. The number of hydrogen-bond donors (Lipinski definition) is 0. The van der Waals surface area contributed by atoms with Crippen LogP contribution in [0, 0.1) is 11.6 Å². The van der Waals surface area contributed by atoms with E-state index in [1.165, 1.54) is 24.4 Å². The molecule has 14 heavy (non-hydrogen) atoms. The van der Waals surface area contributed by atoms with Crippen molar-refractivity contribution < 1.29 is 8.78 Å². The first kappa shape index (κ1) is 8.81. The molecule has 0 bridgehead atoms. The molecule has 1 nitrogen and oxygen atoms in total. The van der Waals surface area contributed by atoms with Crippen molar-refractivity contribution in [3.8, 4) is 11.1 Å². The number of aromatic nitrogens is 1. The van der Waals surface area contributed by atoms with Crippen LogP contribution in [0.3, 0.4) is 0 Å². The fraction of sp³-hybridized carbons (Fsp3) is 0. The van der Waals surface area contributed by atoms with E-state index < -0.39 is 11.6 Å². The van der Waals surface area contributed by atoms with Crippen molar-refractivity contribution in [3.05, 3.63) is 54.4 Å². The van der Waals surface area contributed by atoms with Gasteiger partial charge in [0, 0.05) is 17.3 Å². The lowest BCUT2D eigenvalue weighted by Gasteiger charge is -2.03. The Balaban J connectivity index is 2.61. The second kappa shape index (κ2) is 3.54. The minimum absolute atomic E-state index is 0.234. The predicted molar refractivity (Wildman–Crippen MR) is 49.6 cm³/mol. The smallest absolute Gasteiger partial charge is 0.149 e. The molecule has 0 atom stereocenters. The number of halogens is 2. The van der Waals surface area contributed by atoms with E-state index in [1.54, 1.807) is 12.1 Å². The van der Waals surface area contributed by atoms with E-state index in [4.69, 9.17) is 0 Å². The second-order valence-corrected chi connectivity index (χ2v) is 2.84. The maximum atomic E-state index is 13.3. The molecule has 1 aromatic heterocycles. The Morgan fingerprint density at radius 2 is 1.57 bits per heavy atom. The molecular weight excluding hydrogens is 184 g/mol. The molecular formula is C11H7F2N. The Kier molecular flexibility index (Phi) is 2.23. The van der Waals surface area contributed by atoms with E-state index in [0.29, 0.717) is 0 Å². The van der Waals surface area contributed by atoms with Gasteiger partial charge in [0.25, 0.3) is 0 Å². The lowest BCUT2D eigenvalue weighted by molar-refractivity contribution is 0.612. The predicted octanol–water partition coefficient (Wildman–Crippen LogP) is 3.03. The third-order valence-corrected chi connectivity index (χ3v) is 1.94. The third-order valence-electron chi connectivity index (χ3n) is 1.94. The summed E-state index contributed by atoms with van der Waals surface area (Å²) in [6.07, 6.45) is 2.51. The van der Waals surface area contributed by atoms with Crippen LogP contribution in [0.5, 0.6) is 0 Å². The lowest BCUT2D eigenvalue weighted by atomic mass is 10.1. The highest BCUT2D eigenvalue weighted by atomic mass is 19.1. The van der Waals surface area contributed by atoms with Gasteiger partial charge in [-0.25, -0.2) is 8.78 Å². The summed E-state index contributed by atoms with van der Waals surface area (Å²) in [6, 6.07) is 7.52. The molecule has 0 aliphatic rings. The molecule has 0 N–H and O–H groups in total. The molecule has 0 amide bonds. The largest absolute Gasteiger partial charge is 0.262 e. The van der Waals surface area contributed by atoms with Crippen molar-refractivity contribution in [1.82, 2.24) is 4.98 Å². The van der Waals surface area contributed by atoms with Crippen LogP contribution in [-0.2, 0) is 0 Å². The Hall–Kier alpha value is -1.77. The van der Waals surface area contributed by atoms with Gasteiger partial charge in [-0.2, -0.15) is 0 Å². The van der Waals surface area contributed by atoms with E-state index in [-0.39, 0.29) is 11.1 Å². The van der Waals surface area contributed by atoms with Crippen molar-refractivity contribution in [2.45, 2.75) is 0 Å². The Morgan fingerprint density at radius 1 is 0.857 bits per heavy atom. The highest BCUT2D eigenvalue weighted by Crippen LogP contribution is 2.23. The molecule has 0 spiro atoms. The number of hydrogen-bond acceptors (Lipinski definition) is 1. The third kappa shape index (κ3) is 1.48. The fourth-order valence-corrected chi connectivity index (χ4v) is 1.27. The first-order valence-corrected chi connectivity index (χ1v) is 4.13. The molecule has 1 aromatic carbocycles. The molecule has 3 heteroatoms. The standard InChI is InChI=1S/C11H7F2N/c12-10-4-2-1-3-8(10)9-5-6-14-7-11(9)13/h1-7H. The molecule has 1 heterocycles. The summed E-state index contributed by atoms with van der Waals surface area (Å²) in [5.74, 6) is -0.949. The van der Waals surface area contributed by atoms with Crippen molar-refractivity contribution in [1.29, 1.82) is 0 Å². The lowest BCUT2D eigenvalue weighted by Crippen LogP contribution is -1.88. The zero-order valence-corrected chi connectivity index (χ0v) is 7.24. The maximum absolute atomic E-state index is 13.3. The van der Waals surface area contributed by atoms with Crippen LogP contribution in [0.15, 0.2) is 42.7 Å². The van der Waals surface area contributed by atoms with Crippen LogP contribution in [0.4, 0.5) is 8.78 Å². The molecule has 0 saturated carbocycles. The zero-order chi connectivity index (χ0) is 9.97. The van der Waals surface area contributed by atoms with Gasteiger partial charge in [0.2, 0.25) is 0 Å². The summed E-state index contributed by atoms with van der Waals surface area (Å²) in [5.41, 5.74) is 0.491. The summed E-state index contributed by atoms with van der Waals surface area (Å²) in [4.78, 5) is 3.60. The van der Waals surface area contributed by atoms with Gasteiger partial charge in [-0.05, 0) is 12.1 Å². The van der Waals surface area contributed by atoms with Gasteiger partial charge in [0.05, 0.1) is 6.20 Å². The van der Waals surface area contributed by atoms with Crippen LogP contribution in [0.25, 0.3) is 11.1 Å². The van der Waals surface area contributed by atoms with Crippen molar-refractivity contribution in [2.24, 2.45) is 0 Å². The van der Waals surface area contributed by atoms with Crippen LogP contribution in [0.2, 0.25) is 0 Å². The van der Waals surface area contributed by atoms with E-state index in [1.807, 2.05) is 0 Å². The molecule has 70 valence electrons. The van der Waals surface area contributed by atoms with Gasteiger partial charge in [-0.3, -0.25) is 4.98 Å². The minimum atomic E-state index is -0.516. The fourth-order valence-electron chi connectivity index (χ4n) is 1.27. The average molecular weight is 191 g/mol. The van der Waals surface area contributed by atoms with Gasteiger partial charge in [0.1, 0.15) is 11.6 Å². The average Bonchev–Trinajstić information content (AvgIpc) is 2.20. The number of rotatable bonds is 1. The number of pyridine rings is 1. The molecule has 0 unspecified atom stereocenters. The van der Waals surface area contributed by atoms with Gasteiger partial charge in [-0.15, -0.1) is 0 Å². The van der Waals surface area contributed by atoms with Crippen LogP contribution < -0.4 is 0 Å². The number of benzene rings is 1. The molecule has 0 fully saturated rings. The van der Waals surface area contributed by atoms with Gasteiger partial charge >= 0.3 is 0 Å². The van der Waals surface area contributed by atoms with E-state index in [2.05, 4.69) is 4.98 Å². The van der Waals surface area contributed by atoms with Gasteiger partial charge in [0.15, 0.2) is 0 Å². The van der Waals surface area contributed by atoms with Gasteiger partial charge in [-0.1, -0.05) is 18.2 Å².